The Labute approximate surface area is 104 Å². The average molecular weight is 255 g/mol. The van der Waals surface area contributed by atoms with Crippen LogP contribution in [0.3, 0.4) is 0 Å². The van der Waals surface area contributed by atoms with Crippen LogP contribution in [0, 0.1) is 0 Å². The molecule has 0 saturated heterocycles. The molecule has 4 nitrogen and oxygen atoms in total. The first-order chi connectivity index (χ1) is 8.02. The zero-order valence-corrected chi connectivity index (χ0v) is 10.2. The highest BCUT2D eigenvalue weighted by atomic mass is 35.5. The van der Waals surface area contributed by atoms with E-state index in [0.717, 1.165) is 0 Å². The van der Waals surface area contributed by atoms with Crippen LogP contribution in [0.15, 0.2) is 24.3 Å². The molecule has 1 aromatic carbocycles. The Kier molecular flexibility index (Phi) is 4.72. The summed E-state index contributed by atoms with van der Waals surface area (Å²) < 4.78 is 9.31. The fraction of sp³-hybridized carbons (Fsp3) is 0.167. The van der Waals surface area contributed by atoms with Gasteiger partial charge in [0.25, 0.3) is 0 Å². The molecule has 0 radical (unpaired) electrons. The number of halogens is 1. The summed E-state index contributed by atoms with van der Waals surface area (Å²) in [4.78, 5) is 21.6. The van der Waals surface area contributed by atoms with Gasteiger partial charge >= 0.3 is 11.9 Å². The molecule has 0 spiro atoms. The second kappa shape index (κ2) is 6.06. The van der Waals surface area contributed by atoms with Crippen LogP contribution in [0.4, 0.5) is 0 Å². The highest BCUT2D eigenvalue weighted by molar-refractivity contribution is 6.32. The topological polar surface area (TPSA) is 52.6 Å². The van der Waals surface area contributed by atoms with E-state index in [1.165, 1.54) is 32.3 Å². The maximum atomic E-state index is 10.9. The van der Waals surface area contributed by atoms with Crippen molar-refractivity contribution in [3.63, 3.8) is 0 Å². The molecule has 0 aliphatic carbocycles. The molecule has 90 valence electrons. The molecule has 0 atom stereocenters. The maximum Gasteiger partial charge on any atom is 0.330 e. The predicted molar refractivity (Wildman–Crippen MR) is 63.8 cm³/mol. The van der Waals surface area contributed by atoms with Gasteiger partial charge in [0.05, 0.1) is 12.1 Å². The Morgan fingerprint density at radius 2 is 2.06 bits per heavy atom. The van der Waals surface area contributed by atoms with Crippen LogP contribution >= 0.6 is 11.6 Å². The van der Waals surface area contributed by atoms with Gasteiger partial charge in [0.1, 0.15) is 5.75 Å². The fourth-order valence-electron chi connectivity index (χ4n) is 1.10. The Bertz CT molecular complexity index is 466. The first-order valence-corrected chi connectivity index (χ1v) is 5.14. The first-order valence-electron chi connectivity index (χ1n) is 4.77. The van der Waals surface area contributed by atoms with Gasteiger partial charge in [-0.3, -0.25) is 4.79 Å². The summed E-state index contributed by atoms with van der Waals surface area (Å²) in [6.45, 7) is 1.30. The van der Waals surface area contributed by atoms with Gasteiger partial charge in [0, 0.05) is 19.1 Å². The van der Waals surface area contributed by atoms with E-state index in [-0.39, 0.29) is 0 Å². The third kappa shape index (κ3) is 4.28. The number of hydrogen-bond acceptors (Lipinski definition) is 4. The summed E-state index contributed by atoms with van der Waals surface area (Å²) in [6.07, 6.45) is 2.78. The summed E-state index contributed by atoms with van der Waals surface area (Å²) >= 11 is 5.94. The van der Waals surface area contributed by atoms with E-state index < -0.39 is 11.9 Å². The summed E-state index contributed by atoms with van der Waals surface area (Å²) in [5.41, 5.74) is 0.632. The largest absolute Gasteiger partial charge is 0.466 e. The number of carbonyl (C=O) groups excluding carboxylic acids is 2. The van der Waals surface area contributed by atoms with E-state index in [9.17, 15) is 9.59 Å². The Morgan fingerprint density at radius 3 is 2.59 bits per heavy atom. The second-order valence-electron chi connectivity index (χ2n) is 3.13. The van der Waals surface area contributed by atoms with Crippen molar-refractivity contribution in [2.75, 3.05) is 7.11 Å². The Morgan fingerprint density at radius 1 is 1.35 bits per heavy atom. The van der Waals surface area contributed by atoms with Crippen molar-refractivity contribution in [3.8, 4) is 5.75 Å². The van der Waals surface area contributed by atoms with Crippen LogP contribution in [0.2, 0.25) is 5.02 Å². The zero-order chi connectivity index (χ0) is 12.8. The molecule has 5 heteroatoms. The third-order valence-electron chi connectivity index (χ3n) is 1.83. The lowest BCUT2D eigenvalue weighted by Crippen LogP contribution is -2.01. The highest BCUT2D eigenvalue weighted by Crippen LogP contribution is 2.23. The molecule has 0 bridgehead atoms. The van der Waals surface area contributed by atoms with Crippen LogP contribution < -0.4 is 4.74 Å². The molecular formula is C12H11ClO4. The molecular weight excluding hydrogens is 244 g/mol. The molecule has 0 saturated carbocycles. The number of ether oxygens (including phenoxy) is 2. The van der Waals surface area contributed by atoms with Gasteiger partial charge in [0.2, 0.25) is 0 Å². The number of esters is 2. The lowest BCUT2D eigenvalue weighted by Gasteiger charge is -2.03. The first kappa shape index (κ1) is 13.3. The maximum absolute atomic E-state index is 10.9. The molecule has 1 aromatic rings. The summed E-state index contributed by atoms with van der Waals surface area (Å²) in [7, 11) is 1.29. The van der Waals surface area contributed by atoms with E-state index in [2.05, 4.69) is 4.74 Å². The van der Waals surface area contributed by atoms with Crippen LogP contribution in [0.25, 0.3) is 6.08 Å². The van der Waals surface area contributed by atoms with Crippen molar-refractivity contribution in [3.05, 3.63) is 34.9 Å². The van der Waals surface area contributed by atoms with Crippen LogP contribution in [-0.2, 0) is 14.3 Å². The number of rotatable bonds is 3. The van der Waals surface area contributed by atoms with E-state index >= 15 is 0 Å². The standard InChI is InChI=1S/C12H11ClO4/c1-8(14)17-10-5-3-9(11(13)7-10)4-6-12(15)16-2/h3-7H,1-2H3/b6-4+. The van der Waals surface area contributed by atoms with E-state index in [0.29, 0.717) is 16.3 Å². The van der Waals surface area contributed by atoms with E-state index in [1.807, 2.05) is 0 Å². The normalized spacial score (nSPS) is 10.3. The lowest BCUT2D eigenvalue weighted by molar-refractivity contribution is -0.135. The van der Waals surface area contributed by atoms with Gasteiger partial charge in [-0.05, 0) is 23.8 Å². The summed E-state index contributed by atoms with van der Waals surface area (Å²) in [5.74, 6) is -0.526. The minimum absolute atomic E-state index is 0.359. The van der Waals surface area contributed by atoms with Crippen molar-refractivity contribution in [2.45, 2.75) is 6.92 Å². The minimum Gasteiger partial charge on any atom is -0.466 e. The van der Waals surface area contributed by atoms with Gasteiger partial charge < -0.3 is 9.47 Å². The smallest absolute Gasteiger partial charge is 0.330 e. The lowest BCUT2D eigenvalue weighted by atomic mass is 10.2. The van der Waals surface area contributed by atoms with E-state index in [4.69, 9.17) is 16.3 Å². The van der Waals surface area contributed by atoms with Crippen molar-refractivity contribution in [1.82, 2.24) is 0 Å². The van der Waals surface area contributed by atoms with Gasteiger partial charge in [-0.2, -0.15) is 0 Å². The molecule has 0 amide bonds. The number of carbonyl (C=O) groups is 2. The van der Waals surface area contributed by atoms with Crippen LogP contribution in [0.1, 0.15) is 12.5 Å². The Balaban J connectivity index is 2.86. The SMILES string of the molecule is COC(=O)/C=C/c1ccc(OC(C)=O)cc1Cl. The molecule has 0 fully saturated rings. The number of benzene rings is 1. The van der Waals surface area contributed by atoms with Crippen LogP contribution in [0.5, 0.6) is 5.75 Å². The molecule has 0 aliphatic heterocycles. The second-order valence-corrected chi connectivity index (χ2v) is 3.54. The fourth-order valence-corrected chi connectivity index (χ4v) is 1.33. The van der Waals surface area contributed by atoms with Crippen molar-refractivity contribution in [1.29, 1.82) is 0 Å². The summed E-state index contributed by atoms with van der Waals surface area (Å²) in [5, 5.41) is 0.379. The minimum atomic E-state index is -0.467. The average Bonchev–Trinajstić information content (AvgIpc) is 2.26. The predicted octanol–water partition coefficient (Wildman–Crippen LogP) is 2.45. The molecule has 17 heavy (non-hydrogen) atoms. The Hall–Kier alpha value is -1.81. The molecule has 0 aliphatic rings. The molecule has 0 aromatic heterocycles. The van der Waals surface area contributed by atoms with Crippen LogP contribution in [-0.4, -0.2) is 19.0 Å². The molecule has 0 N–H and O–H groups in total. The van der Waals surface area contributed by atoms with Crippen molar-refractivity contribution in [2.24, 2.45) is 0 Å². The molecule has 0 heterocycles. The van der Waals surface area contributed by atoms with Gasteiger partial charge in [-0.25, -0.2) is 4.79 Å². The third-order valence-corrected chi connectivity index (χ3v) is 2.16. The number of hydrogen-bond donors (Lipinski definition) is 0. The quantitative estimate of drug-likeness (QED) is 0.472. The monoisotopic (exact) mass is 254 g/mol. The zero-order valence-electron chi connectivity index (χ0n) is 9.40. The van der Waals surface area contributed by atoms with Gasteiger partial charge in [-0.1, -0.05) is 11.6 Å². The van der Waals surface area contributed by atoms with E-state index in [1.54, 1.807) is 12.1 Å². The van der Waals surface area contributed by atoms with Gasteiger partial charge in [0.15, 0.2) is 0 Å². The van der Waals surface area contributed by atoms with Gasteiger partial charge in [-0.15, -0.1) is 0 Å². The highest BCUT2D eigenvalue weighted by Gasteiger charge is 2.03. The number of methoxy groups -OCH3 is 1. The molecule has 1 rings (SSSR count). The van der Waals surface area contributed by atoms with Crippen molar-refractivity contribution >= 4 is 29.6 Å². The molecule has 0 unspecified atom stereocenters. The summed E-state index contributed by atoms with van der Waals surface area (Å²) in [6, 6.07) is 4.73. The van der Waals surface area contributed by atoms with Crippen molar-refractivity contribution < 1.29 is 19.1 Å².